The molecule has 2 aliphatic rings. The summed E-state index contributed by atoms with van der Waals surface area (Å²) in [6, 6.07) is 3.69. The molecule has 0 bridgehead atoms. The van der Waals surface area contributed by atoms with Crippen molar-refractivity contribution in [3.05, 3.63) is 35.8 Å². The predicted octanol–water partition coefficient (Wildman–Crippen LogP) is 1.98. The van der Waals surface area contributed by atoms with E-state index in [-0.39, 0.29) is 12.1 Å². The number of urea groups is 1. The second kappa shape index (κ2) is 6.66. The van der Waals surface area contributed by atoms with E-state index in [1.54, 1.807) is 17.3 Å². The summed E-state index contributed by atoms with van der Waals surface area (Å²) < 4.78 is 0. The van der Waals surface area contributed by atoms with E-state index in [2.05, 4.69) is 10.3 Å². The molecule has 2 aromatic heterocycles. The van der Waals surface area contributed by atoms with E-state index in [1.165, 1.54) is 5.56 Å². The van der Waals surface area contributed by atoms with Crippen molar-refractivity contribution in [1.29, 1.82) is 0 Å². The molecule has 4 rings (SSSR count). The minimum Gasteiger partial charge on any atom is -0.365 e. The summed E-state index contributed by atoms with van der Waals surface area (Å²) in [4.78, 5) is 26.9. The lowest BCUT2D eigenvalue weighted by atomic mass is 10.1. The Morgan fingerprint density at radius 2 is 2.20 bits per heavy atom. The molecule has 3 N–H and O–H groups in total. The molecule has 2 aromatic rings. The van der Waals surface area contributed by atoms with Crippen LogP contribution in [0.2, 0.25) is 0 Å². The lowest BCUT2D eigenvalue weighted by Gasteiger charge is -2.32. The van der Waals surface area contributed by atoms with Gasteiger partial charge in [0, 0.05) is 48.3 Å². The maximum atomic E-state index is 11.5. The molecule has 0 spiro atoms. The number of pyridine rings is 1. The van der Waals surface area contributed by atoms with E-state index in [9.17, 15) is 4.79 Å². The molecule has 0 radical (unpaired) electrons. The third-order valence-electron chi connectivity index (χ3n) is 4.93. The van der Waals surface area contributed by atoms with Gasteiger partial charge in [-0.3, -0.25) is 4.98 Å². The number of anilines is 1. The summed E-state index contributed by atoms with van der Waals surface area (Å²) in [5, 5.41) is 3.56. The van der Waals surface area contributed by atoms with Crippen molar-refractivity contribution in [1.82, 2.24) is 19.9 Å². The fourth-order valence-electron chi connectivity index (χ4n) is 3.66. The molecule has 2 amide bonds. The Labute approximate surface area is 146 Å². The molecular weight excluding hydrogens is 316 g/mol. The molecular formula is C18H22N6O. The fourth-order valence-corrected chi connectivity index (χ4v) is 3.66. The van der Waals surface area contributed by atoms with Crippen LogP contribution in [0.3, 0.4) is 0 Å². The molecule has 1 aliphatic carbocycles. The summed E-state index contributed by atoms with van der Waals surface area (Å²) in [5.41, 5.74) is 8.69. The second-order valence-electron chi connectivity index (χ2n) is 6.68. The van der Waals surface area contributed by atoms with Crippen molar-refractivity contribution < 1.29 is 4.79 Å². The highest BCUT2D eigenvalue weighted by molar-refractivity contribution is 5.72. The molecule has 25 heavy (non-hydrogen) atoms. The highest BCUT2D eigenvalue weighted by Crippen LogP contribution is 2.30. The summed E-state index contributed by atoms with van der Waals surface area (Å²) in [6.45, 7) is 1.35. The number of nitrogens with one attached hydrogen (secondary N) is 1. The van der Waals surface area contributed by atoms with Crippen LogP contribution >= 0.6 is 0 Å². The van der Waals surface area contributed by atoms with Crippen LogP contribution in [0.1, 0.15) is 30.5 Å². The monoisotopic (exact) mass is 338 g/mol. The molecule has 7 heteroatoms. The van der Waals surface area contributed by atoms with E-state index >= 15 is 0 Å². The van der Waals surface area contributed by atoms with Crippen LogP contribution in [0.25, 0.3) is 11.4 Å². The van der Waals surface area contributed by atoms with E-state index < -0.39 is 0 Å². The fraction of sp³-hybridized carbons (Fsp3) is 0.444. The average molecular weight is 338 g/mol. The van der Waals surface area contributed by atoms with Gasteiger partial charge in [0.2, 0.25) is 0 Å². The first-order chi connectivity index (χ1) is 12.2. The molecule has 1 fully saturated rings. The van der Waals surface area contributed by atoms with Gasteiger partial charge in [-0.15, -0.1) is 0 Å². The smallest absolute Gasteiger partial charge is 0.314 e. The number of carbonyl (C=O) groups is 1. The maximum Gasteiger partial charge on any atom is 0.314 e. The van der Waals surface area contributed by atoms with Gasteiger partial charge in [0.15, 0.2) is 5.82 Å². The number of fused-ring (bicyclic) bond motifs is 1. The van der Waals surface area contributed by atoms with E-state index in [1.807, 2.05) is 12.1 Å². The van der Waals surface area contributed by atoms with Crippen LogP contribution in [0.15, 0.2) is 24.5 Å². The number of rotatable bonds is 3. The summed E-state index contributed by atoms with van der Waals surface area (Å²) in [7, 11) is 0. The van der Waals surface area contributed by atoms with Crippen molar-refractivity contribution in [3.63, 3.8) is 0 Å². The standard InChI is InChI=1S/C18H22N6O/c19-18(25)24-9-3-5-13(11-24)21-17-14-6-1-7-15(14)22-16(23-17)12-4-2-8-20-10-12/h2,4,8,10,13H,1,3,5-7,9,11H2,(H2,19,25)(H,21,22,23). The van der Waals surface area contributed by atoms with E-state index in [4.69, 9.17) is 15.7 Å². The highest BCUT2D eigenvalue weighted by atomic mass is 16.2. The number of primary amides is 1. The Balaban J connectivity index is 1.63. The zero-order valence-electron chi connectivity index (χ0n) is 14.1. The third-order valence-corrected chi connectivity index (χ3v) is 4.93. The quantitative estimate of drug-likeness (QED) is 0.892. The second-order valence-corrected chi connectivity index (χ2v) is 6.68. The first-order valence-electron chi connectivity index (χ1n) is 8.82. The lowest BCUT2D eigenvalue weighted by molar-refractivity contribution is 0.192. The van der Waals surface area contributed by atoms with Crippen LogP contribution in [-0.2, 0) is 12.8 Å². The van der Waals surface area contributed by atoms with Gasteiger partial charge in [-0.2, -0.15) is 0 Å². The van der Waals surface area contributed by atoms with Gasteiger partial charge < -0.3 is 16.0 Å². The van der Waals surface area contributed by atoms with Crippen LogP contribution in [0, 0.1) is 0 Å². The molecule has 1 aliphatic heterocycles. The van der Waals surface area contributed by atoms with Gasteiger partial charge in [-0.25, -0.2) is 14.8 Å². The molecule has 130 valence electrons. The van der Waals surface area contributed by atoms with Gasteiger partial charge in [0.1, 0.15) is 5.82 Å². The van der Waals surface area contributed by atoms with Crippen molar-refractivity contribution in [2.75, 3.05) is 18.4 Å². The number of carbonyl (C=O) groups excluding carboxylic acids is 1. The van der Waals surface area contributed by atoms with Crippen molar-refractivity contribution in [3.8, 4) is 11.4 Å². The first kappa shape index (κ1) is 15.8. The third kappa shape index (κ3) is 3.26. The number of nitrogens with zero attached hydrogens (tertiary/aromatic N) is 4. The normalized spacial score (nSPS) is 19.5. The number of piperidine rings is 1. The SMILES string of the molecule is NC(=O)N1CCCC(Nc2nc(-c3cccnc3)nc3c2CCC3)C1. The Hall–Kier alpha value is -2.70. The number of aromatic nitrogens is 3. The zero-order valence-corrected chi connectivity index (χ0v) is 14.1. The summed E-state index contributed by atoms with van der Waals surface area (Å²) in [5.74, 6) is 1.61. The van der Waals surface area contributed by atoms with Crippen LogP contribution in [0.4, 0.5) is 10.6 Å². The molecule has 7 nitrogen and oxygen atoms in total. The average Bonchev–Trinajstić information content (AvgIpc) is 3.11. The number of hydrogen-bond donors (Lipinski definition) is 2. The summed E-state index contributed by atoms with van der Waals surface area (Å²) in [6.07, 6.45) is 8.57. The van der Waals surface area contributed by atoms with Gasteiger partial charge in [-0.1, -0.05) is 0 Å². The minimum atomic E-state index is -0.351. The molecule has 1 unspecified atom stereocenters. The van der Waals surface area contributed by atoms with E-state index in [0.29, 0.717) is 12.4 Å². The number of aryl methyl sites for hydroxylation is 1. The Kier molecular flexibility index (Phi) is 4.21. The number of nitrogens with two attached hydrogens (primary N) is 1. The number of likely N-dealkylation sites (tertiary alicyclic amines) is 1. The van der Waals surface area contributed by atoms with Gasteiger partial charge in [0.05, 0.1) is 0 Å². The Bertz CT molecular complexity index is 779. The maximum absolute atomic E-state index is 11.5. The van der Waals surface area contributed by atoms with Crippen molar-refractivity contribution >= 4 is 11.8 Å². The van der Waals surface area contributed by atoms with Crippen molar-refractivity contribution in [2.45, 2.75) is 38.1 Å². The minimum absolute atomic E-state index is 0.169. The van der Waals surface area contributed by atoms with Crippen LogP contribution < -0.4 is 11.1 Å². The van der Waals surface area contributed by atoms with Gasteiger partial charge in [-0.05, 0) is 44.2 Å². The highest BCUT2D eigenvalue weighted by Gasteiger charge is 2.25. The van der Waals surface area contributed by atoms with Crippen LogP contribution in [0.5, 0.6) is 0 Å². The number of hydrogen-bond acceptors (Lipinski definition) is 5. The molecule has 1 atom stereocenters. The molecule has 0 aromatic carbocycles. The summed E-state index contributed by atoms with van der Waals surface area (Å²) >= 11 is 0. The topological polar surface area (TPSA) is 97.0 Å². The van der Waals surface area contributed by atoms with Gasteiger partial charge in [0.25, 0.3) is 0 Å². The largest absolute Gasteiger partial charge is 0.365 e. The Morgan fingerprint density at radius 1 is 1.28 bits per heavy atom. The predicted molar refractivity (Wildman–Crippen MR) is 95.1 cm³/mol. The number of amides is 2. The van der Waals surface area contributed by atoms with E-state index in [0.717, 1.165) is 55.7 Å². The zero-order chi connectivity index (χ0) is 17.2. The lowest BCUT2D eigenvalue weighted by Crippen LogP contribution is -2.47. The van der Waals surface area contributed by atoms with Crippen LogP contribution in [-0.4, -0.2) is 45.0 Å². The molecule has 0 saturated carbocycles. The Morgan fingerprint density at radius 3 is 3.00 bits per heavy atom. The molecule has 3 heterocycles. The van der Waals surface area contributed by atoms with Crippen molar-refractivity contribution in [2.24, 2.45) is 5.73 Å². The first-order valence-corrected chi connectivity index (χ1v) is 8.82. The van der Waals surface area contributed by atoms with Gasteiger partial charge >= 0.3 is 6.03 Å². The molecule has 1 saturated heterocycles.